The van der Waals surface area contributed by atoms with Gasteiger partial charge < -0.3 is 19.7 Å². The maximum Gasteiger partial charge on any atom is 0.193 e. The first-order chi connectivity index (χ1) is 15.1. The summed E-state index contributed by atoms with van der Waals surface area (Å²) in [6, 6.07) is -0.0123. The number of fused-ring (bicyclic) bond motifs is 7. The minimum atomic E-state index is -1.24. The van der Waals surface area contributed by atoms with Gasteiger partial charge >= 0.3 is 0 Å². The number of ether oxygens (including phenoxy) is 2. The molecule has 4 aliphatic carbocycles. The van der Waals surface area contributed by atoms with Crippen LogP contribution in [0.1, 0.15) is 60.7 Å². The summed E-state index contributed by atoms with van der Waals surface area (Å²) in [5, 5.41) is 21.4. The van der Waals surface area contributed by atoms with Gasteiger partial charge in [-0.15, -0.1) is 0 Å². The molecule has 0 spiro atoms. The number of Topliss-reactive ketones (excluding diaryl/α,β-unsaturated/α-hetero) is 1. The van der Waals surface area contributed by atoms with Crippen LogP contribution in [-0.4, -0.2) is 52.5 Å². The van der Waals surface area contributed by atoms with Crippen molar-refractivity contribution in [1.29, 1.82) is 0 Å². The van der Waals surface area contributed by atoms with E-state index in [1.54, 1.807) is 12.2 Å². The summed E-state index contributed by atoms with van der Waals surface area (Å²) < 4.78 is 20.8. The minimum Gasteiger partial charge on any atom is -0.393 e. The van der Waals surface area contributed by atoms with Crippen molar-refractivity contribution in [1.82, 2.24) is 0 Å². The predicted octanol–water partition coefficient (Wildman–Crippen LogP) is 2.72. The van der Waals surface area contributed by atoms with Crippen LogP contribution in [0.3, 0.4) is 0 Å². The fourth-order valence-corrected chi connectivity index (χ4v) is 8.04. The molecule has 6 nitrogen and oxygen atoms in total. The highest BCUT2D eigenvalue weighted by Crippen LogP contribution is 2.69. The maximum absolute atomic E-state index is 13.2. The van der Waals surface area contributed by atoms with Gasteiger partial charge in [-0.3, -0.25) is 9.59 Å². The Morgan fingerprint density at radius 3 is 2.87 bits per heavy atom. The van der Waals surface area contributed by atoms with E-state index < -0.39 is 41.5 Å². The molecule has 1 unspecified atom stereocenters. The first-order valence-corrected chi connectivity index (χ1v) is 11.7. The molecule has 0 aromatic carbocycles. The second-order valence-corrected chi connectivity index (χ2v) is 10.6. The molecule has 1 aliphatic heterocycles. The molecule has 0 bridgehead atoms. The molecule has 2 N–H and O–H groups in total. The van der Waals surface area contributed by atoms with Crippen molar-refractivity contribution in [2.45, 2.75) is 83.4 Å². The van der Waals surface area contributed by atoms with E-state index in [9.17, 15) is 19.8 Å². The zero-order valence-electron chi connectivity index (χ0n) is 19.6. The third kappa shape index (κ3) is 2.65. The number of rotatable bonds is 4. The first-order valence-electron chi connectivity index (χ1n) is 12.2. The molecular weight excluding hydrogens is 396 g/mol. The van der Waals surface area contributed by atoms with Crippen molar-refractivity contribution in [3.8, 4) is 0 Å². The van der Waals surface area contributed by atoms with Crippen LogP contribution in [0.5, 0.6) is 0 Å². The summed E-state index contributed by atoms with van der Waals surface area (Å²) in [4.78, 5) is 25.4. The second-order valence-electron chi connectivity index (χ2n) is 10.6. The molecule has 1 heterocycles. The van der Waals surface area contributed by atoms with Crippen molar-refractivity contribution in [2.24, 2.45) is 28.6 Å². The average Bonchev–Trinajstić information content (AvgIpc) is 3.21. The zero-order valence-corrected chi connectivity index (χ0v) is 18.6. The van der Waals surface area contributed by atoms with E-state index in [0.717, 1.165) is 24.8 Å². The van der Waals surface area contributed by atoms with E-state index in [1.807, 2.05) is 20.8 Å². The number of allylic oxidation sites excluding steroid dienone is 4. The lowest BCUT2D eigenvalue weighted by atomic mass is 9.46. The highest BCUT2D eigenvalue weighted by molar-refractivity contribution is 6.01. The standard InChI is InChI=1S/C25H34O6/c1-4-5-21-30-20-11-17-16-7-6-14-10-15(27)8-9-23(14,2)22(16)18(28)12-24(17,3)25(20,31-21)19(29)13-26/h8-10,16-18,20-22,26,28H,4-7,11-13H2,1-3H3/t16-,17-,18-,20+,21?,22+,23-,24-,25+/m0/s1/i8D. The number of hydrogen-bond acceptors (Lipinski definition) is 6. The van der Waals surface area contributed by atoms with Crippen LogP contribution < -0.4 is 0 Å². The molecule has 1 saturated heterocycles. The Bertz CT molecular complexity index is 912. The normalized spacial score (nSPS) is 51.1. The molecular formula is C25H34O6. The molecule has 0 aromatic heterocycles. The van der Waals surface area contributed by atoms with Gasteiger partial charge in [-0.1, -0.05) is 38.8 Å². The minimum absolute atomic E-state index is 0.0123. The van der Waals surface area contributed by atoms with Crippen LogP contribution in [-0.2, 0) is 19.1 Å². The lowest BCUT2D eigenvalue weighted by Crippen LogP contribution is -2.63. The largest absolute Gasteiger partial charge is 0.393 e. The van der Waals surface area contributed by atoms with Crippen LogP contribution in [0.4, 0.5) is 0 Å². The second kappa shape index (κ2) is 7.08. The number of aliphatic hydroxyl groups is 2. The molecule has 9 atom stereocenters. The molecule has 0 amide bonds. The molecule has 0 aromatic rings. The lowest BCUT2D eigenvalue weighted by Gasteiger charge is -2.59. The van der Waals surface area contributed by atoms with Gasteiger partial charge in [0.15, 0.2) is 23.5 Å². The quantitative estimate of drug-likeness (QED) is 0.711. The van der Waals surface area contributed by atoms with E-state index in [-0.39, 0.29) is 35.4 Å². The highest BCUT2D eigenvalue weighted by Gasteiger charge is 2.75. The molecule has 4 fully saturated rings. The third-order valence-electron chi connectivity index (χ3n) is 9.28. The molecule has 3 saturated carbocycles. The van der Waals surface area contributed by atoms with Crippen LogP contribution in [0.15, 0.2) is 23.8 Å². The summed E-state index contributed by atoms with van der Waals surface area (Å²) in [7, 11) is 0. The van der Waals surface area contributed by atoms with Crippen molar-refractivity contribution in [2.75, 3.05) is 6.61 Å². The van der Waals surface area contributed by atoms with E-state index in [4.69, 9.17) is 10.8 Å². The average molecular weight is 432 g/mol. The van der Waals surface area contributed by atoms with Crippen molar-refractivity contribution >= 4 is 11.6 Å². The summed E-state index contributed by atoms with van der Waals surface area (Å²) in [6.07, 6.45) is 5.83. The van der Waals surface area contributed by atoms with Crippen LogP contribution >= 0.6 is 0 Å². The van der Waals surface area contributed by atoms with E-state index in [1.165, 1.54) is 0 Å². The molecule has 5 aliphatic rings. The Labute approximate surface area is 185 Å². The van der Waals surface area contributed by atoms with Gasteiger partial charge in [-0.2, -0.15) is 0 Å². The molecule has 170 valence electrons. The fraction of sp³-hybridized carbons (Fsp3) is 0.760. The number of ketones is 2. The maximum atomic E-state index is 13.2. The topological polar surface area (TPSA) is 93.1 Å². The third-order valence-corrected chi connectivity index (χ3v) is 9.28. The van der Waals surface area contributed by atoms with E-state index >= 15 is 0 Å². The highest BCUT2D eigenvalue weighted by atomic mass is 16.7. The Balaban J connectivity index is 1.56. The number of hydrogen-bond donors (Lipinski definition) is 2. The Hall–Kier alpha value is -1.34. The molecule has 31 heavy (non-hydrogen) atoms. The predicted molar refractivity (Wildman–Crippen MR) is 113 cm³/mol. The van der Waals surface area contributed by atoms with Gasteiger partial charge in [0, 0.05) is 16.7 Å². The number of carbonyl (C=O) groups excluding carboxylic acids is 2. The number of aliphatic hydroxyl groups excluding tert-OH is 2. The van der Waals surface area contributed by atoms with Crippen LogP contribution in [0.2, 0.25) is 0 Å². The van der Waals surface area contributed by atoms with Crippen molar-refractivity contribution in [3.05, 3.63) is 23.8 Å². The zero-order chi connectivity index (χ0) is 23.1. The van der Waals surface area contributed by atoms with Crippen LogP contribution in [0, 0.1) is 28.6 Å². The number of carbonyl (C=O) groups is 2. The summed E-state index contributed by atoms with van der Waals surface area (Å²) in [5.41, 5.74) is -1.45. The Morgan fingerprint density at radius 1 is 1.39 bits per heavy atom. The summed E-state index contributed by atoms with van der Waals surface area (Å²) in [5.74, 6) is -0.569. The van der Waals surface area contributed by atoms with E-state index in [0.29, 0.717) is 19.3 Å². The molecule has 5 rings (SSSR count). The lowest BCUT2D eigenvalue weighted by molar-refractivity contribution is -0.200. The van der Waals surface area contributed by atoms with E-state index in [2.05, 4.69) is 0 Å². The van der Waals surface area contributed by atoms with Gasteiger partial charge in [-0.25, -0.2) is 0 Å². The van der Waals surface area contributed by atoms with Gasteiger partial charge in [-0.05, 0) is 56.1 Å². The van der Waals surface area contributed by atoms with Gasteiger partial charge in [0.2, 0.25) is 0 Å². The van der Waals surface area contributed by atoms with Gasteiger partial charge in [0.05, 0.1) is 13.6 Å². The Kier molecular flexibility index (Phi) is 4.63. The smallest absolute Gasteiger partial charge is 0.193 e. The van der Waals surface area contributed by atoms with Gasteiger partial charge in [0.1, 0.15) is 6.61 Å². The Morgan fingerprint density at radius 2 is 2.16 bits per heavy atom. The summed E-state index contributed by atoms with van der Waals surface area (Å²) in [6.45, 7) is 5.50. The monoisotopic (exact) mass is 431 g/mol. The van der Waals surface area contributed by atoms with Crippen molar-refractivity contribution < 1.29 is 30.6 Å². The molecule has 6 heteroatoms. The fourth-order valence-electron chi connectivity index (χ4n) is 8.04. The molecule has 0 radical (unpaired) electrons. The van der Waals surface area contributed by atoms with Crippen molar-refractivity contribution in [3.63, 3.8) is 0 Å². The SMILES string of the molecule is [2H]C1=C[C@@]2(C)C(=CC1=O)CC[C@@H]1[C@@H]2[C@@H](O)C[C@@]2(C)[C@H]1C[C@H]1OC(CCC)O[C@]12C(=O)CO. The first kappa shape index (κ1) is 20.3. The van der Waals surface area contributed by atoms with Crippen LogP contribution in [0.25, 0.3) is 0 Å². The summed E-state index contributed by atoms with van der Waals surface area (Å²) >= 11 is 0. The van der Waals surface area contributed by atoms with Gasteiger partial charge in [0.25, 0.3) is 0 Å².